The third kappa shape index (κ3) is 3.33. The molecule has 1 heterocycles. The van der Waals surface area contributed by atoms with Crippen molar-refractivity contribution in [2.45, 2.75) is 25.5 Å². The summed E-state index contributed by atoms with van der Waals surface area (Å²) in [4.78, 5) is 18.2. The first-order chi connectivity index (χ1) is 10.6. The zero-order valence-corrected chi connectivity index (χ0v) is 12.6. The Morgan fingerprint density at radius 3 is 2.91 bits per heavy atom. The first-order valence-corrected chi connectivity index (χ1v) is 7.49. The maximum absolute atomic E-state index is 12.6. The van der Waals surface area contributed by atoms with Gasteiger partial charge in [0.05, 0.1) is 12.6 Å². The number of aliphatic hydroxyl groups excluding tert-OH is 1. The van der Waals surface area contributed by atoms with E-state index in [-0.39, 0.29) is 5.91 Å². The molecule has 1 saturated carbocycles. The van der Waals surface area contributed by atoms with Crippen molar-refractivity contribution in [1.82, 2.24) is 19.7 Å². The van der Waals surface area contributed by atoms with Crippen LogP contribution < -0.4 is 0 Å². The summed E-state index contributed by atoms with van der Waals surface area (Å²) in [5, 5.41) is 14.1. The molecule has 3 rings (SSSR count). The fraction of sp³-hybridized carbons (Fsp3) is 0.438. The molecule has 0 radical (unpaired) electrons. The number of nitrogens with zero attached hydrogens (tertiary/aromatic N) is 4. The smallest absolute Gasteiger partial charge is 0.254 e. The number of aromatic nitrogens is 3. The number of carbonyl (C=O) groups excluding carboxylic acids is 1. The Bertz CT molecular complexity index is 637. The molecule has 0 saturated heterocycles. The quantitative estimate of drug-likeness (QED) is 0.869. The summed E-state index contributed by atoms with van der Waals surface area (Å²) in [5.41, 5.74) is 1.54. The fourth-order valence-electron chi connectivity index (χ4n) is 2.55. The predicted molar refractivity (Wildman–Crippen MR) is 81.3 cm³/mol. The molecule has 1 fully saturated rings. The van der Waals surface area contributed by atoms with E-state index in [4.69, 9.17) is 0 Å². The molecule has 1 atom stereocenters. The van der Waals surface area contributed by atoms with Gasteiger partial charge in [0, 0.05) is 19.2 Å². The van der Waals surface area contributed by atoms with E-state index >= 15 is 0 Å². The van der Waals surface area contributed by atoms with Gasteiger partial charge in [-0.3, -0.25) is 4.79 Å². The van der Waals surface area contributed by atoms with Crippen LogP contribution in [-0.4, -0.2) is 50.4 Å². The molecule has 1 aromatic carbocycles. The van der Waals surface area contributed by atoms with Crippen molar-refractivity contribution in [3.63, 3.8) is 0 Å². The Morgan fingerprint density at radius 2 is 2.23 bits per heavy atom. The van der Waals surface area contributed by atoms with Gasteiger partial charge in [-0.2, -0.15) is 5.10 Å². The summed E-state index contributed by atoms with van der Waals surface area (Å²) in [5.74, 6) is 0.288. The third-order valence-corrected chi connectivity index (χ3v) is 4.02. The van der Waals surface area contributed by atoms with Crippen LogP contribution in [0.5, 0.6) is 0 Å². The number of rotatable bonds is 6. The molecule has 22 heavy (non-hydrogen) atoms. The lowest BCUT2D eigenvalue weighted by atomic mass is 10.1. The summed E-state index contributed by atoms with van der Waals surface area (Å²) >= 11 is 0. The Morgan fingerprint density at radius 1 is 1.45 bits per heavy atom. The number of carbonyl (C=O) groups is 1. The van der Waals surface area contributed by atoms with Crippen LogP contribution in [0, 0.1) is 5.92 Å². The Kier molecular flexibility index (Phi) is 4.20. The molecule has 116 valence electrons. The Hall–Kier alpha value is -2.21. The van der Waals surface area contributed by atoms with Crippen LogP contribution in [0.25, 0.3) is 0 Å². The highest BCUT2D eigenvalue weighted by Gasteiger charge is 2.31. The van der Waals surface area contributed by atoms with Crippen molar-refractivity contribution in [2.75, 3.05) is 13.6 Å². The largest absolute Gasteiger partial charge is 0.391 e. The van der Waals surface area contributed by atoms with E-state index in [9.17, 15) is 9.90 Å². The molecule has 2 aromatic rings. The van der Waals surface area contributed by atoms with E-state index in [1.54, 1.807) is 23.0 Å². The van der Waals surface area contributed by atoms with Crippen LogP contribution in [0.3, 0.4) is 0 Å². The summed E-state index contributed by atoms with van der Waals surface area (Å²) in [6.07, 6.45) is 4.80. The Balaban J connectivity index is 1.73. The van der Waals surface area contributed by atoms with Gasteiger partial charge < -0.3 is 10.0 Å². The van der Waals surface area contributed by atoms with E-state index in [0.717, 1.165) is 18.4 Å². The predicted octanol–water partition coefficient (Wildman–Crippen LogP) is 1.17. The van der Waals surface area contributed by atoms with E-state index in [0.29, 0.717) is 24.6 Å². The van der Waals surface area contributed by atoms with Gasteiger partial charge in [-0.1, -0.05) is 18.2 Å². The minimum absolute atomic E-state index is 0.0737. The van der Waals surface area contributed by atoms with Crippen molar-refractivity contribution in [1.29, 1.82) is 0 Å². The molecule has 1 unspecified atom stereocenters. The fourth-order valence-corrected chi connectivity index (χ4v) is 2.55. The average Bonchev–Trinajstić information content (AvgIpc) is 3.26. The zero-order valence-electron chi connectivity index (χ0n) is 12.6. The van der Waals surface area contributed by atoms with Gasteiger partial charge in [-0.05, 0) is 30.4 Å². The Labute approximate surface area is 129 Å². The molecule has 1 aliphatic rings. The maximum atomic E-state index is 12.6. The van der Waals surface area contributed by atoms with Crippen LogP contribution >= 0.6 is 0 Å². The van der Waals surface area contributed by atoms with Gasteiger partial charge in [0.25, 0.3) is 5.91 Å². The van der Waals surface area contributed by atoms with E-state index in [1.165, 1.54) is 6.33 Å². The van der Waals surface area contributed by atoms with E-state index < -0.39 is 6.10 Å². The third-order valence-electron chi connectivity index (χ3n) is 4.02. The lowest BCUT2D eigenvalue weighted by Gasteiger charge is -2.22. The number of amides is 1. The summed E-state index contributed by atoms with van der Waals surface area (Å²) in [6, 6.07) is 7.49. The van der Waals surface area contributed by atoms with Crippen LogP contribution in [0.2, 0.25) is 0 Å². The van der Waals surface area contributed by atoms with Gasteiger partial charge in [0.2, 0.25) is 0 Å². The zero-order chi connectivity index (χ0) is 15.5. The molecular formula is C16H20N4O2. The molecule has 0 spiro atoms. The standard InChI is InChI=1S/C16H20N4O2/c1-19(9-15(21)12-6-7-12)16(22)14-5-3-2-4-13(14)8-20-11-17-10-18-20/h2-5,10-12,15,21H,6-9H2,1H3. The van der Waals surface area contributed by atoms with E-state index in [2.05, 4.69) is 10.1 Å². The van der Waals surface area contributed by atoms with Crippen molar-refractivity contribution >= 4 is 5.91 Å². The molecule has 6 heteroatoms. The van der Waals surface area contributed by atoms with Crippen LogP contribution in [0.15, 0.2) is 36.9 Å². The second kappa shape index (κ2) is 6.27. The molecule has 1 N–H and O–H groups in total. The number of aliphatic hydroxyl groups is 1. The normalized spacial score (nSPS) is 15.5. The summed E-state index contributed by atoms with van der Waals surface area (Å²) < 4.78 is 1.69. The van der Waals surface area contributed by atoms with Gasteiger partial charge in [-0.15, -0.1) is 0 Å². The average molecular weight is 300 g/mol. The van der Waals surface area contributed by atoms with Crippen molar-refractivity contribution < 1.29 is 9.90 Å². The van der Waals surface area contributed by atoms with Gasteiger partial charge >= 0.3 is 0 Å². The lowest BCUT2D eigenvalue weighted by Crippen LogP contribution is -2.35. The van der Waals surface area contributed by atoms with Gasteiger partial charge in [0.15, 0.2) is 0 Å². The SMILES string of the molecule is CN(CC(O)C1CC1)C(=O)c1ccccc1Cn1cncn1. The topological polar surface area (TPSA) is 71.2 Å². The van der Waals surface area contributed by atoms with Crippen molar-refractivity contribution in [3.05, 3.63) is 48.0 Å². The van der Waals surface area contributed by atoms with Crippen LogP contribution in [-0.2, 0) is 6.54 Å². The van der Waals surface area contributed by atoms with Gasteiger partial charge in [-0.25, -0.2) is 9.67 Å². The molecule has 1 amide bonds. The number of benzene rings is 1. The molecule has 0 aliphatic heterocycles. The number of likely N-dealkylation sites (N-methyl/N-ethyl adjacent to an activating group) is 1. The highest BCUT2D eigenvalue weighted by Crippen LogP contribution is 2.32. The van der Waals surface area contributed by atoms with E-state index in [1.807, 2.05) is 24.3 Å². The maximum Gasteiger partial charge on any atom is 0.254 e. The molecule has 6 nitrogen and oxygen atoms in total. The molecule has 1 aromatic heterocycles. The van der Waals surface area contributed by atoms with Gasteiger partial charge in [0.1, 0.15) is 12.7 Å². The summed E-state index contributed by atoms with van der Waals surface area (Å²) in [7, 11) is 1.74. The van der Waals surface area contributed by atoms with Crippen LogP contribution in [0.4, 0.5) is 0 Å². The first-order valence-electron chi connectivity index (χ1n) is 7.49. The molecular weight excluding hydrogens is 280 g/mol. The highest BCUT2D eigenvalue weighted by atomic mass is 16.3. The summed E-state index contributed by atoms with van der Waals surface area (Å²) in [6.45, 7) is 0.877. The van der Waals surface area contributed by atoms with Crippen LogP contribution in [0.1, 0.15) is 28.8 Å². The monoisotopic (exact) mass is 300 g/mol. The second-order valence-electron chi connectivity index (χ2n) is 5.84. The molecule has 1 aliphatic carbocycles. The van der Waals surface area contributed by atoms with Crippen molar-refractivity contribution in [2.24, 2.45) is 5.92 Å². The minimum Gasteiger partial charge on any atom is -0.391 e. The highest BCUT2D eigenvalue weighted by molar-refractivity contribution is 5.95. The molecule has 0 bridgehead atoms. The first kappa shape index (κ1) is 14.7. The second-order valence-corrected chi connectivity index (χ2v) is 5.84. The minimum atomic E-state index is -0.420. The van der Waals surface area contributed by atoms with Crippen molar-refractivity contribution in [3.8, 4) is 0 Å². The number of hydrogen-bond donors (Lipinski definition) is 1. The lowest BCUT2D eigenvalue weighted by molar-refractivity contribution is 0.0644. The number of hydrogen-bond acceptors (Lipinski definition) is 4.